The van der Waals surface area contributed by atoms with E-state index in [1.54, 1.807) is 6.07 Å². The first-order valence-corrected chi connectivity index (χ1v) is 11.2. The number of fused-ring (bicyclic) bond motifs is 3. The van der Waals surface area contributed by atoms with Gasteiger partial charge in [0, 0.05) is 28.6 Å². The van der Waals surface area contributed by atoms with Gasteiger partial charge in [-0.3, -0.25) is 4.98 Å². The number of thiocarbonyl (C=S) groups is 1. The average Bonchev–Trinajstić information content (AvgIpc) is 3.12. The molecule has 0 radical (unpaired) electrons. The first kappa shape index (κ1) is 20.8. The van der Waals surface area contributed by atoms with E-state index in [1.807, 2.05) is 54.6 Å². The predicted molar refractivity (Wildman–Crippen MR) is 125 cm³/mol. The number of hydrogen-bond donors (Lipinski definition) is 3. The van der Waals surface area contributed by atoms with Gasteiger partial charge in [0.1, 0.15) is 17.5 Å². The lowest BCUT2D eigenvalue weighted by Crippen LogP contribution is -2.52. The Morgan fingerprint density at radius 1 is 1.16 bits per heavy atom. The summed E-state index contributed by atoms with van der Waals surface area (Å²) >= 11 is 15.0. The Morgan fingerprint density at radius 2 is 1.84 bits per heavy atom. The highest BCUT2D eigenvalue weighted by Crippen LogP contribution is 2.68. The van der Waals surface area contributed by atoms with E-state index in [2.05, 4.69) is 20.9 Å². The van der Waals surface area contributed by atoms with Crippen LogP contribution in [0.25, 0.3) is 0 Å². The van der Waals surface area contributed by atoms with Crippen LogP contribution in [0.2, 0.25) is 5.02 Å². The molecule has 8 heteroatoms. The van der Waals surface area contributed by atoms with Crippen molar-refractivity contribution in [3.8, 4) is 5.75 Å². The molecule has 5 atom stereocenters. The highest BCUT2D eigenvalue weighted by molar-refractivity contribution is 9.10. The summed E-state index contributed by atoms with van der Waals surface area (Å²) in [5.41, 5.74) is 4.51. The number of rotatable bonds is 3. The van der Waals surface area contributed by atoms with Crippen molar-refractivity contribution in [2.75, 3.05) is 0 Å². The van der Waals surface area contributed by atoms with E-state index in [9.17, 15) is 10.2 Å². The molecule has 0 amide bonds. The van der Waals surface area contributed by atoms with E-state index < -0.39 is 29.1 Å². The summed E-state index contributed by atoms with van der Waals surface area (Å²) in [6.45, 7) is 0. The van der Waals surface area contributed by atoms with E-state index in [1.165, 1.54) is 6.20 Å². The largest absolute Gasteiger partial charge is 0.476 e. The second-order valence-electron chi connectivity index (χ2n) is 7.87. The van der Waals surface area contributed by atoms with Gasteiger partial charge in [-0.15, -0.1) is 0 Å². The van der Waals surface area contributed by atoms with Gasteiger partial charge in [0.25, 0.3) is 0 Å². The fourth-order valence-electron chi connectivity index (χ4n) is 5.15. The number of nitrogens with zero attached hydrogens (tertiary/aromatic N) is 1. The zero-order valence-electron chi connectivity index (χ0n) is 16.1. The van der Waals surface area contributed by atoms with Crippen molar-refractivity contribution in [2.45, 2.75) is 23.2 Å². The standard InChI is InChI=1S/C23H18BrClN2O3S/c24-14-8-6-13(7-9-14)23-18(12-4-2-1-3-5-12)17(21(26)31)20(28)22(23,29)19-16(30-23)10-15(25)11-27-19/h1-11,17-18,20,28-29H,(H2,26,31). The highest BCUT2D eigenvalue weighted by atomic mass is 79.9. The van der Waals surface area contributed by atoms with Gasteiger partial charge in [-0.2, -0.15) is 0 Å². The molecule has 1 aliphatic heterocycles. The molecule has 4 N–H and O–H groups in total. The lowest BCUT2D eigenvalue weighted by atomic mass is 9.71. The van der Waals surface area contributed by atoms with Crippen molar-refractivity contribution < 1.29 is 14.9 Å². The first-order chi connectivity index (χ1) is 14.8. The Hall–Kier alpha value is -2.03. The zero-order valence-corrected chi connectivity index (χ0v) is 19.2. The van der Waals surface area contributed by atoms with E-state index in [-0.39, 0.29) is 10.7 Å². The van der Waals surface area contributed by atoms with Crippen molar-refractivity contribution in [2.24, 2.45) is 11.7 Å². The number of hydrogen-bond acceptors (Lipinski definition) is 5. The van der Waals surface area contributed by atoms with Crippen LogP contribution in [0.1, 0.15) is 22.7 Å². The van der Waals surface area contributed by atoms with E-state index in [4.69, 9.17) is 34.3 Å². The van der Waals surface area contributed by atoms with Crippen molar-refractivity contribution in [3.63, 3.8) is 0 Å². The number of ether oxygens (including phenoxy) is 1. The summed E-state index contributed by atoms with van der Waals surface area (Å²) in [6, 6.07) is 18.5. The number of halogens is 2. The molecule has 2 heterocycles. The van der Waals surface area contributed by atoms with Crippen LogP contribution in [0, 0.1) is 5.92 Å². The van der Waals surface area contributed by atoms with Gasteiger partial charge >= 0.3 is 0 Å². The molecule has 2 aliphatic rings. The molecule has 2 aromatic carbocycles. The maximum Gasteiger partial charge on any atom is 0.181 e. The van der Waals surface area contributed by atoms with Gasteiger partial charge in [-0.05, 0) is 23.3 Å². The number of nitrogens with two attached hydrogens (primary N) is 1. The molecular weight excluding hydrogens is 500 g/mol. The van der Waals surface area contributed by atoms with Gasteiger partial charge in [-0.25, -0.2) is 0 Å². The fraction of sp³-hybridized carbons (Fsp3) is 0.217. The van der Waals surface area contributed by atoms with Gasteiger partial charge in [0.2, 0.25) is 0 Å². The van der Waals surface area contributed by atoms with Crippen LogP contribution in [0.3, 0.4) is 0 Å². The van der Waals surface area contributed by atoms with Gasteiger partial charge in [0.15, 0.2) is 11.2 Å². The summed E-state index contributed by atoms with van der Waals surface area (Å²) in [5.74, 6) is -1.02. The third kappa shape index (κ3) is 2.74. The number of pyridine rings is 1. The zero-order chi connectivity index (χ0) is 22.0. The predicted octanol–water partition coefficient (Wildman–Crippen LogP) is 4.03. The molecule has 5 rings (SSSR count). The smallest absolute Gasteiger partial charge is 0.181 e. The number of aliphatic hydroxyl groups excluding tert-OH is 1. The third-order valence-corrected chi connectivity index (χ3v) is 7.35. The second-order valence-corrected chi connectivity index (χ2v) is 9.70. The topological polar surface area (TPSA) is 88.6 Å². The minimum atomic E-state index is -1.91. The molecule has 0 bridgehead atoms. The SMILES string of the molecule is NC(=S)C1C(O)C2(O)c3ncc(Cl)cc3OC2(c2ccc(Br)cc2)C1c1ccccc1. The molecule has 1 aliphatic carbocycles. The van der Waals surface area contributed by atoms with E-state index >= 15 is 0 Å². The summed E-state index contributed by atoms with van der Waals surface area (Å²) in [6.07, 6.45) is 0.0753. The summed E-state index contributed by atoms with van der Waals surface area (Å²) in [4.78, 5) is 4.47. The van der Waals surface area contributed by atoms with Crippen LogP contribution in [0.4, 0.5) is 0 Å². The molecule has 1 saturated carbocycles. The molecule has 158 valence electrons. The van der Waals surface area contributed by atoms with E-state index in [0.717, 1.165) is 10.0 Å². The Labute approximate surface area is 198 Å². The Bertz CT molecular complexity index is 1180. The Kier molecular flexibility index (Phi) is 4.88. The van der Waals surface area contributed by atoms with Crippen LogP contribution in [0.5, 0.6) is 5.75 Å². The summed E-state index contributed by atoms with van der Waals surface area (Å²) in [7, 11) is 0. The molecule has 0 spiro atoms. The Balaban J connectivity index is 1.87. The fourth-order valence-corrected chi connectivity index (χ4v) is 5.82. The van der Waals surface area contributed by atoms with Gasteiger partial charge in [0.05, 0.1) is 10.0 Å². The average molecular weight is 518 g/mol. The van der Waals surface area contributed by atoms with Gasteiger partial charge in [-0.1, -0.05) is 82.2 Å². The van der Waals surface area contributed by atoms with Crippen LogP contribution < -0.4 is 10.5 Å². The monoisotopic (exact) mass is 516 g/mol. The molecule has 1 aromatic heterocycles. The van der Waals surface area contributed by atoms with Crippen LogP contribution in [0.15, 0.2) is 71.3 Å². The van der Waals surface area contributed by atoms with Crippen LogP contribution in [-0.4, -0.2) is 26.3 Å². The molecule has 3 aromatic rings. The lowest BCUT2D eigenvalue weighted by molar-refractivity contribution is -0.152. The third-order valence-electron chi connectivity index (χ3n) is 6.34. The van der Waals surface area contributed by atoms with Crippen molar-refractivity contribution in [1.29, 1.82) is 0 Å². The molecule has 5 nitrogen and oxygen atoms in total. The molecular formula is C23H18BrClN2O3S. The lowest BCUT2D eigenvalue weighted by Gasteiger charge is -2.40. The highest BCUT2D eigenvalue weighted by Gasteiger charge is 2.77. The summed E-state index contributed by atoms with van der Waals surface area (Å²) in [5, 5.41) is 24.2. The van der Waals surface area contributed by atoms with Crippen LogP contribution >= 0.6 is 39.7 Å². The first-order valence-electron chi connectivity index (χ1n) is 9.66. The maximum absolute atomic E-state index is 12.3. The quantitative estimate of drug-likeness (QED) is 0.455. The minimum Gasteiger partial charge on any atom is -0.476 e. The van der Waals surface area contributed by atoms with Crippen molar-refractivity contribution in [1.82, 2.24) is 4.98 Å². The maximum atomic E-state index is 12.3. The number of aromatic nitrogens is 1. The molecule has 1 fully saturated rings. The van der Waals surface area contributed by atoms with E-state index in [0.29, 0.717) is 16.3 Å². The number of aliphatic hydroxyl groups is 2. The van der Waals surface area contributed by atoms with Crippen molar-refractivity contribution >= 4 is 44.7 Å². The normalized spacial score (nSPS) is 31.0. The second kappa shape index (κ2) is 7.25. The molecule has 31 heavy (non-hydrogen) atoms. The molecule has 0 saturated heterocycles. The van der Waals surface area contributed by atoms with Gasteiger partial charge < -0.3 is 20.7 Å². The molecule has 5 unspecified atom stereocenters. The van der Waals surface area contributed by atoms with Crippen molar-refractivity contribution in [3.05, 3.63) is 93.2 Å². The van der Waals surface area contributed by atoms with Crippen LogP contribution in [-0.2, 0) is 11.2 Å². The Morgan fingerprint density at radius 3 is 2.48 bits per heavy atom. The summed E-state index contributed by atoms with van der Waals surface area (Å²) < 4.78 is 7.43. The minimum absolute atomic E-state index is 0.0970. The number of benzene rings is 2.